The number of aryl methyl sites for hydroxylation is 1. The Kier molecular flexibility index (Phi) is 6.79. The first-order chi connectivity index (χ1) is 19.8. The van der Waals surface area contributed by atoms with Crippen molar-refractivity contribution in [2.45, 2.75) is 58.8 Å². The lowest BCUT2D eigenvalue weighted by Gasteiger charge is -2.41. The summed E-state index contributed by atoms with van der Waals surface area (Å²) >= 11 is 0. The predicted octanol–water partition coefficient (Wildman–Crippen LogP) is 4.14. The zero-order valence-electron chi connectivity index (χ0n) is 24.9. The molecule has 0 bridgehead atoms. The van der Waals surface area contributed by atoms with Gasteiger partial charge in [0.2, 0.25) is 0 Å². The fourth-order valence-corrected chi connectivity index (χ4v) is 5.97. The molecule has 0 saturated carbocycles. The number of rotatable bonds is 2. The number of hydrogen-bond acceptors (Lipinski definition) is 8. The van der Waals surface area contributed by atoms with Gasteiger partial charge in [-0.05, 0) is 53.2 Å². The van der Waals surface area contributed by atoms with Crippen LogP contribution in [0.1, 0.15) is 50.5 Å². The van der Waals surface area contributed by atoms with E-state index in [9.17, 15) is 9.59 Å². The first-order valence-corrected chi connectivity index (χ1v) is 14.3. The molecule has 3 aliphatic rings. The minimum absolute atomic E-state index is 0.0152. The molecule has 11 nitrogen and oxygen atoms in total. The van der Waals surface area contributed by atoms with E-state index in [-0.39, 0.29) is 42.6 Å². The van der Waals surface area contributed by atoms with Crippen LogP contribution in [0.25, 0.3) is 22.2 Å². The summed E-state index contributed by atoms with van der Waals surface area (Å²) in [5.41, 5.74) is 1.19. The second kappa shape index (κ2) is 10.1. The second-order valence-electron chi connectivity index (χ2n) is 12.8. The third-order valence-electron chi connectivity index (χ3n) is 7.90. The number of hydrogen-bond donors (Lipinski definition) is 1. The van der Waals surface area contributed by atoms with Gasteiger partial charge in [-0.15, -0.1) is 0 Å². The summed E-state index contributed by atoms with van der Waals surface area (Å²) in [6.45, 7) is 13.4. The van der Waals surface area contributed by atoms with Crippen LogP contribution in [0.15, 0.2) is 18.3 Å². The smallest absolute Gasteiger partial charge is 0.410 e. The molecule has 2 saturated heterocycles. The highest BCUT2D eigenvalue weighted by Gasteiger charge is 2.43. The lowest BCUT2D eigenvalue weighted by Crippen LogP contribution is -2.58. The maximum atomic E-state index is 16.7. The standard InChI is InChI=1S/C30H37FN6O5/c1-17-7-8-20-19(13-32-34-20)21(17)24-23(31)25-22(26(33-24)36-11-12-41-30(5,6)16-36)27(38)37-10-9-35(14-18(37)15-40-25)28(39)42-29(2,3)4/h7-8,13,18H,9-12,14-16H2,1-6H3,(H,32,34)/t18-/m1/s1. The maximum absolute atomic E-state index is 16.7. The number of anilines is 1. The number of aromatic nitrogens is 3. The maximum Gasteiger partial charge on any atom is 0.410 e. The van der Waals surface area contributed by atoms with Crippen molar-refractivity contribution in [1.82, 2.24) is 25.0 Å². The van der Waals surface area contributed by atoms with Crippen LogP contribution in [0, 0.1) is 12.7 Å². The largest absolute Gasteiger partial charge is 0.487 e. The zero-order chi connectivity index (χ0) is 30.0. The molecule has 3 aliphatic heterocycles. The number of fused-ring (bicyclic) bond motifs is 3. The average molecular weight is 581 g/mol. The van der Waals surface area contributed by atoms with Crippen molar-refractivity contribution >= 4 is 28.7 Å². The SMILES string of the molecule is Cc1ccc2[nH]ncc2c1-c1nc(N2CCOC(C)(C)C2)c2c(c1F)OC[C@H]1CN(C(=O)OC(C)(C)C)CCN1C2=O. The molecule has 1 atom stereocenters. The number of pyridine rings is 1. The molecule has 12 heteroatoms. The highest BCUT2D eigenvalue weighted by Crippen LogP contribution is 2.42. The normalized spacial score (nSPS) is 20.6. The zero-order valence-corrected chi connectivity index (χ0v) is 24.9. The summed E-state index contributed by atoms with van der Waals surface area (Å²) < 4.78 is 34.4. The van der Waals surface area contributed by atoms with Crippen LogP contribution in [0.2, 0.25) is 0 Å². The van der Waals surface area contributed by atoms with Gasteiger partial charge >= 0.3 is 6.09 Å². The monoisotopic (exact) mass is 580 g/mol. The van der Waals surface area contributed by atoms with Crippen LogP contribution in [-0.2, 0) is 9.47 Å². The minimum Gasteiger partial charge on any atom is -0.487 e. The Labute approximate surface area is 243 Å². The molecule has 224 valence electrons. The van der Waals surface area contributed by atoms with Gasteiger partial charge in [-0.2, -0.15) is 5.10 Å². The van der Waals surface area contributed by atoms with Gasteiger partial charge in [-0.1, -0.05) is 6.07 Å². The van der Waals surface area contributed by atoms with E-state index in [2.05, 4.69) is 10.2 Å². The van der Waals surface area contributed by atoms with E-state index in [4.69, 9.17) is 19.2 Å². The Hall–Kier alpha value is -3.93. The van der Waals surface area contributed by atoms with Gasteiger partial charge in [0.1, 0.15) is 29.3 Å². The van der Waals surface area contributed by atoms with Gasteiger partial charge in [-0.3, -0.25) is 9.89 Å². The number of amides is 2. The number of piperazine rings is 1. The summed E-state index contributed by atoms with van der Waals surface area (Å²) in [6.07, 6.45) is 1.20. The molecule has 0 radical (unpaired) electrons. The van der Waals surface area contributed by atoms with Gasteiger partial charge in [0.25, 0.3) is 5.91 Å². The lowest BCUT2D eigenvalue weighted by molar-refractivity contribution is -0.0279. The highest BCUT2D eigenvalue weighted by atomic mass is 19.1. The molecule has 3 aromatic rings. The fraction of sp³-hybridized carbons (Fsp3) is 0.533. The van der Waals surface area contributed by atoms with Crippen molar-refractivity contribution in [3.05, 3.63) is 35.3 Å². The summed E-state index contributed by atoms with van der Waals surface area (Å²) in [7, 11) is 0. The Morgan fingerprint density at radius 1 is 1.19 bits per heavy atom. The number of aromatic amines is 1. The van der Waals surface area contributed by atoms with E-state index in [0.717, 1.165) is 16.5 Å². The first-order valence-electron chi connectivity index (χ1n) is 14.3. The molecule has 42 heavy (non-hydrogen) atoms. The van der Waals surface area contributed by atoms with Crippen LogP contribution in [0.5, 0.6) is 5.75 Å². The third-order valence-corrected chi connectivity index (χ3v) is 7.90. The Bertz CT molecular complexity index is 1560. The Morgan fingerprint density at radius 2 is 1.98 bits per heavy atom. The molecule has 2 amide bonds. The highest BCUT2D eigenvalue weighted by molar-refractivity contribution is 6.04. The number of halogens is 1. The molecule has 0 unspecified atom stereocenters. The molecule has 6 rings (SSSR count). The molecular weight excluding hydrogens is 543 g/mol. The van der Waals surface area contributed by atoms with Gasteiger partial charge in [-0.25, -0.2) is 14.2 Å². The van der Waals surface area contributed by atoms with Crippen LogP contribution < -0.4 is 9.64 Å². The van der Waals surface area contributed by atoms with E-state index < -0.39 is 29.2 Å². The summed E-state index contributed by atoms with van der Waals surface area (Å²) in [5.74, 6) is -0.831. The van der Waals surface area contributed by atoms with Crippen molar-refractivity contribution in [3.63, 3.8) is 0 Å². The quantitative estimate of drug-likeness (QED) is 0.481. The molecule has 2 fully saturated rings. The number of ether oxygens (including phenoxy) is 3. The van der Waals surface area contributed by atoms with Gasteiger partial charge < -0.3 is 28.9 Å². The number of benzene rings is 1. The minimum atomic E-state index is -0.699. The number of nitrogens with zero attached hydrogens (tertiary/aromatic N) is 5. The van der Waals surface area contributed by atoms with Crippen LogP contribution in [-0.4, -0.2) is 100 Å². The number of nitrogens with one attached hydrogen (secondary N) is 1. The predicted molar refractivity (Wildman–Crippen MR) is 154 cm³/mol. The summed E-state index contributed by atoms with van der Waals surface area (Å²) in [6, 6.07) is 3.29. The number of carbonyl (C=O) groups is 2. The summed E-state index contributed by atoms with van der Waals surface area (Å²) in [5, 5.41) is 7.83. The van der Waals surface area contributed by atoms with Crippen molar-refractivity contribution in [3.8, 4) is 17.0 Å². The number of morpholine rings is 1. The molecule has 2 aromatic heterocycles. The van der Waals surface area contributed by atoms with Crippen molar-refractivity contribution in [2.24, 2.45) is 0 Å². The molecule has 0 spiro atoms. The third kappa shape index (κ3) is 5.01. The van der Waals surface area contributed by atoms with E-state index in [1.165, 1.54) is 0 Å². The average Bonchev–Trinajstić information content (AvgIpc) is 3.33. The van der Waals surface area contributed by atoms with E-state index in [1.807, 2.05) is 58.6 Å². The van der Waals surface area contributed by atoms with Crippen LogP contribution in [0.4, 0.5) is 15.0 Å². The Balaban J connectivity index is 1.46. The van der Waals surface area contributed by atoms with Gasteiger partial charge in [0.05, 0.1) is 30.0 Å². The van der Waals surface area contributed by atoms with Crippen molar-refractivity contribution in [1.29, 1.82) is 0 Å². The topological polar surface area (TPSA) is 113 Å². The lowest BCUT2D eigenvalue weighted by atomic mass is 9.98. The molecular formula is C30H37FN6O5. The first kappa shape index (κ1) is 28.2. The van der Waals surface area contributed by atoms with Crippen LogP contribution in [0.3, 0.4) is 0 Å². The number of H-pyrrole nitrogens is 1. The molecule has 1 N–H and O–H groups in total. The van der Waals surface area contributed by atoms with Gasteiger partial charge in [0, 0.05) is 43.7 Å². The van der Waals surface area contributed by atoms with E-state index >= 15 is 4.39 Å². The Morgan fingerprint density at radius 3 is 2.71 bits per heavy atom. The molecule has 1 aromatic carbocycles. The van der Waals surface area contributed by atoms with E-state index in [0.29, 0.717) is 37.6 Å². The van der Waals surface area contributed by atoms with E-state index in [1.54, 1.807) is 16.0 Å². The molecule has 0 aliphatic carbocycles. The fourth-order valence-electron chi connectivity index (χ4n) is 5.97. The number of carbonyl (C=O) groups excluding carboxylic acids is 2. The molecule has 5 heterocycles. The second-order valence-corrected chi connectivity index (χ2v) is 12.8. The van der Waals surface area contributed by atoms with Gasteiger partial charge in [0.15, 0.2) is 11.6 Å². The summed E-state index contributed by atoms with van der Waals surface area (Å²) in [4.78, 5) is 37.2. The van der Waals surface area contributed by atoms with Crippen molar-refractivity contribution in [2.75, 3.05) is 50.8 Å². The van der Waals surface area contributed by atoms with Crippen LogP contribution >= 0.6 is 0 Å². The van der Waals surface area contributed by atoms with Crippen molar-refractivity contribution < 1.29 is 28.2 Å².